The first-order chi connectivity index (χ1) is 19.6. The van der Waals surface area contributed by atoms with Crippen molar-refractivity contribution >= 4 is 49.6 Å². The molecule has 8 heteroatoms. The monoisotopic (exact) mass is 678 g/mol. The van der Waals surface area contributed by atoms with Crippen LogP contribution in [0.5, 0.6) is 0 Å². The molecule has 2 aromatic carbocycles. The first-order valence-electron chi connectivity index (χ1n) is 14.0. The molecule has 0 unspecified atom stereocenters. The van der Waals surface area contributed by atoms with Crippen LogP contribution in [0.15, 0.2) is 80.8 Å². The number of halogens is 2. The molecule has 0 aromatic heterocycles. The number of nitrogens with zero attached hydrogens (tertiary/aromatic N) is 2. The molecule has 41 heavy (non-hydrogen) atoms. The molecule has 0 bridgehead atoms. The summed E-state index contributed by atoms with van der Waals surface area (Å²) in [6.45, 7) is 4.50. The van der Waals surface area contributed by atoms with Crippen LogP contribution in [-0.4, -0.2) is 35.3 Å². The van der Waals surface area contributed by atoms with Crippen molar-refractivity contribution < 1.29 is 19.1 Å². The predicted molar refractivity (Wildman–Crippen MR) is 163 cm³/mol. The van der Waals surface area contributed by atoms with Gasteiger partial charge in [0.05, 0.1) is 11.6 Å². The molecule has 0 spiro atoms. The number of hydrogen-bond donors (Lipinski definition) is 0. The number of esters is 1. The molecule has 0 saturated heterocycles. The zero-order chi connectivity index (χ0) is 29.3. The first-order valence-corrected chi connectivity index (χ1v) is 15.5. The second-order valence-electron chi connectivity index (χ2n) is 11.5. The molecule has 5 atom stereocenters. The Bertz CT molecular complexity index is 1460. The summed E-state index contributed by atoms with van der Waals surface area (Å²) >= 11 is 6.81. The highest BCUT2D eigenvalue weighted by atomic mass is 79.9. The standard InChI is InChI=1S/C33H32Br2N2O4/c1-20-18-28(41-32(40)22-7-12-25(35)13-8-22)30-27(26(20)4-3-16-36)14-9-23-19-29(38)37(17-15-33(23,30)2)31(39)21-5-10-24(34)11-6-21/h5-8,10-13,18-19,26-28,30H,3-4,9,14-15,17H2,1-2H3/t26-,27+,28-,30-,33+/m1/s1. The van der Waals surface area contributed by atoms with E-state index in [4.69, 9.17) is 4.74 Å². The van der Waals surface area contributed by atoms with E-state index in [1.165, 1.54) is 4.90 Å². The summed E-state index contributed by atoms with van der Waals surface area (Å²) < 4.78 is 7.99. The highest BCUT2D eigenvalue weighted by Crippen LogP contribution is 2.58. The van der Waals surface area contributed by atoms with Crippen LogP contribution in [0, 0.1) is 34.5 Å². The van der Waals surface area contributed by atoms with Crippen LogP contribution in [0.2, 0.25) is 0 Å². The lowest BCUT2D eigenvalue weighted by atomic mass is 9.51. The zero-order valence-electron chi connectivity index (χ0n) is 23.1. The minimum atomic E-state index is -0.494. The van der Waals surface area contributed by atoms with E-state index >= 15 is 0 Å². The Morgan fingerprint density at radius 3 is 2.34 bits per heavy atom. The third-order valence-electron chi connectivity index (χ3n) is 9.21. The van der Waals surface area contributed by atoms with Gasteiger partial charge in [0.15, 0.2) is 0 Å². The smallest absolute Gasteiger partial charge is 0.338 e. The number of imide groups is 1. The van der Waals surface area contributed by atoms with E-state index in [0.29, 0.717) is 24.0 Å². The van der Waals surface area contributed by atoms with Crippen molar-refractivity contribution in [2.75, 3.05) is 6.54 Å². The fraction of sp³-hybridized carbons (Fsp3) is 0.394. The number of rotatable bonds is 5. The molecule has 3 aliphatic rings. The van der Waals surface area contributed by atoms with Gasteiger partial charge in [-0.05, 0) is 104 Å². The van der Waals surface area contributed by atoms with Crippen LogP contribution in [-0.2, 0) is 9.53 Å². The van der Waals surface area contributed by atoms with Crippen molar-refractivity contribution in [1.29, 1.82) is 5.26 Å². The SMILES string of the molecule is CC1=C[C@@H](OC(=O)c2ccc(Br)cc2)[C@H]2[C@@H](CCC3=CC(=O)N(C(=O)c4ccc(Br)cc4)CC[C@@]32C)[C@@H]1CCC#N. The van der Waals surface area contributed by atoms with E-state index in [9.17, 15) is 19.6 Å². The molecule has 5 rings (SSSR count). The minimum absolute atomic E-state index is 0.0928. The van der Waals surface area contributed by atoms with Crippen molar-refractivity contribution in [3.8, 4) is 6.07 Å². The summed E-state index contributed by atoms with van der Waals surface area (Å²) in [7, 11) is 0. The highest BCUT2D eigenvalue weighted by Gasteiger charge is 2.54. The molecule has 1 heterocycles. The Morgan fingerprint density at radius 1 is 1.07 bits per heavy atom. The summed E-state index contributed by atoms with van der Waals surface area (Å²) in [4.78, 5) is 41.6. The van der Waals surface area contributed by atoms with Crippen LogP contribution in [0.1, 0.15) is 66.7 Å². The van der Waals surface area contributed by atoms with Crippen LogP contribution in [0.4, 0.5) is 0 Å². The lowest BCUT2D eigenvalue weighted by Crippen LogP contribution is -2.51. The third-order valence-corrected chi connectivity index (χ3v) is 10.3. The number of carbonyl (C=O) groups excluding carboxylic acids is 3. The van der Waals surface area contributed by atoms with E-state index < -0.39 is 17.5 Å². The first kappa shape index (κ1) is 29.5. The number of amides is 2. The van der Waals surface area contributed by atoms with Crippen molar-refractivity contribution in [2.45, 2.75) is 52.1 Å². The molecule has 6 nitrogen and oxygen atoms in total. The van der Waals surface area contributed by atoms with E-state index in [1.807, 2.05) is 12.1 Å². The largest absolute Gasteiger partial charge is 0.454 e. The summed E-state index contributed by atoms with van der Waals surface area (Å²) in [5.74, 6) is -0.728. The average Bonchev–Trinajstić information content (AvgIpc) is 3.08. The Hall–Kier alpha value is -3.02. The van der Waals surface area contributed by atoms with Gasteiger partial charge in [0, 0.05) is 39.5 Å². The zero-order valence-corrected chi connectivity index (χ0v) is 26.3. The van der Waals surface area contributed by atoms with Crippen LogP contribution in [0.3, 0.4) is 0 Å². The molecule has 1 aliphatic heterocycles. The second-order valence-corrected chi connectivity index (χ2v) is 13.3. The molecule has 212 valence electrons. The van der Waals surface area contributed by atoms with Gasteiger partial charge in [0.25, 0.3) is 11.8 Å². The topological polar surface area (TPSA) is 87.5 Å². The maximum absolute atomic E-state index is 13.5. The maximum atomic E-state index is 13.5. The molecule has 2 aliphatic carbocycles. The molecule has 0 radical (unpaired) electrons. The number of nitriles is 1. The van der Waals surface area contributed by atoms with Gasteiger partial charge in [0.1, 0.15) is 6.10 Å². The van der Waals surface area contributed by atoms with E-state index in [1.54, 1.807) is 42.5 Å². The van der Waals surface area contributed by atoms with E-state index in [0.717, 1.165) is 39.4 Å². The Labute approximate surface area is 257 Å². The number of allylic oxidation sites excluding steroid dienone is 2. The summed E-state index contributed by atoms with van der Waals surface area (Å²) in [5, 5.41) is 9.36. The molecule has 0 N–H and O–H groups in total. The van der Waals surface area contributed by atoms with Gasteiger partial charge in [-0.3, -0.25) is 14.5 Å². The van der Waals surface area contributed by atoms with Gasteiger partial charge < -0.3 is 4.74 Å². The van der Waals surface area contributed by atoms with E-state index in [-0.39, 0.29) is 36.1 Å². The lowest BCUT2D eigenvalue weighted by Gasteiger charge is -2.54. The van der Waals surface area contributed by atoms with Gasteiger partial charge in [-0.25, -0.2) is 4.79 Å². The quantitative estimate of drug-likeness (QED) is 0.184. The Kier molecular flexibility index (Phi) is 8.68. The number of fused-ring (bicyclic) bond motifs is 3. The molecule has 1 saturated carbocycles. The van der Waals surface area contributed by atoms with Gasteiger partial charge >= 0.3 is 5.97 Å². The third kappa shape index (κ3) is 5.85. The highest BCUT2D eigenvalue weighted by molar-refractivity contribution is 9.10. The van der Waals surface area contributed by atoms with Crippen LogP contribution in [0.25, 0.3) is 0 Å². The number of hydrogen-bond acceptors (Lipinski definition) is 5. The average molecular weight is 680 g/mol. The van der Waals surface area contributed by atoms with Crippen LogP contribution >= 0.6 is 31.9 Å². The predicted octanol–water partition coefficient (Wildman–Crippen LogP) is 7.65. The van der Waals surface area contributed by atoms with Crippen molar-refractivity contribution in [3.63, 3.8) is 0 Å². The number of ether oxygens (including phenoxy) is 1. The summed E-state index contributed by atoms with van der Waals surface area (Å²) in [6, 6.07) is 16.4. The number of carbonyl (C=O) groups is 3. The van der Waals surface area contributed by atoms with Gasteiger partial charge in [0.2, 0.25) is 0 Å². The number of benzene rings is 2. The fourth-order valence-electron chi connectivity index (χ4n) is 7.10. The van der Waals surface area contributed by atoms with Crippen LogP contribution < -0.4 is 0 Å². The van der Waals surface area contributed by atoms with Gasteiger partial charge in [-0.2, -0.15) is 5.26 Å². The molecule has 1 fully saturated rings. The molecular weight excluding hydrogens is 648 g/mol. The normalized spacial score (nSPS) is 27.4. The summed E-state index contributed by atoms with van der Waals surface area (Å²) in [6.07, 6.45) is 6.55. The van der Waals surface area contributed by atoms with Crippen molar-refractivity contribution in [3.05, 3.63) is 91.9 Å². The fourth-order valence-corrected chi connectivity index (χ4v) is 7.63. The van der Waals surface area contributed by atoms with Gasteiger partial charge in [-0.15, -0.1) is 0 Å². The molecule has 2 amide bonds. The van der Waals surface area contributed by atoms with Gasteiger partial charge in [-0.1, -0.05) is 49.9 Å². The Balaban J connectivity index is 1.49. The molecular formula is C33H32Br2N2O4. The maximum Gasteiger partial charge on any atom is 0.338 e. The lowest BCUT2D eigenvalue weighted by molar-refractivity contribution is -0.123. The molecule has 2 aromatic rings. The summed E-state index contributed by atoms with van der Waals surface area (Å²) in [5.41, 5.74) is 2.61. The second kappa shape index (κ2) is 12.1. The minimum Gasteiger partial charge on any atom is -0.454 e. The van der Waals surface area contributed by atoms with Crippen molar-refractivity contribution in [2.24, 2.45) is 23.2 Å². The Morgan fingerprint density at radius 2 is 1.71 bits per heavy atom. The van der Waals surface area contributed by atoms with E-state index in [2.05, 4.69) is 57.9 Å². The van der Waals surface area contributed by atoms with Crippen molar-refractivity contribution in [1.82, 2.24) is 4.90 Å².